The zero-order valence-electron chi connectivity index (χ0n) is 16.4. The number of hydrogen-bond donors (Lipinski definition) is 0. The quantitative estimate of drug-likeness (QED) is 0.619. The molecule has 0 aliphatic heterocycles. The van der Waals surface area contributed by atoms with Crippen LogP contribution in [-0.2, 0) is 9.22 Å². The van der Waals surface area contributed by atoms with Gasteiger partial charge in [0, 0.05) is 18.9 Å². The fraction of sp³-hybridized carbons (Fsp3) is 0.950. The maximum Gasteiger partial charge on any atom is 0.191 e. The molecule has 0 heterocycles. The van der Waals surface area contributed by atoms with E-state index in [2.05, 4.69) is 47.7 Å². The summed E-state index contributed by atoms with van der Waals surface area (Å²) in [6, 6.07) is 0. The Kier molecular flexibility index (Phi) is 5.83. The number of rotatable bonds is 3. The Balaban J connectivity index is 2.09. The molecule has 3 heteroatoms. The Morgan fingerprint density at radius 3 is 2.35 bits per heavy atom. The molecule has 0 radical (unpaired) electrons. The lowest BCUT2D eigenvalue weighted by molar-refractivity contribution is -0.124. The zero-order valence-corrected chi connectivity index (χ0v) is 17.4. The maximum absolute atomic E-state index is 12.3. The molecular weight excluding hydrogens is 300 g/mol. The minimum Gasteiger partial charge on any atom is -0.417 e. The molecule has 0 spiro atoms. The highest BCUT2D eigenvalue weighted by molar-refractivity contribution is 6.74. The van der Waals surface area contributed by atoms with Gasteiger partial charge in [-0.25, -0.2) is 0 Å². The summed E-state index contributed by atoms with van der Waals surface area (Å²) in [4.78, 5) is 12.3. The minimum absolute atomic E-state index is 0.265. The highest BCUT2D eigenvalue weighted by Gasteiger charge is 2.43. The van der Waals surface area contributed by atoms with Gasteiger partial charge in [-0.05, 0) is 61.1 Å². The monoisotopic (exact) mass is 338 g/mol. The fourth-order valence-corrected chi connectivity index (χ4v) is 5.43. The third-order valence-electron chi connectivity index (χ3n) is 7.24. The molecule has 0 aromatic heterocycles. The van der Waals surface area contributed by atoms with Crippen LogP contribution in [0.15, 0.2) is 0 Å². The van der Waals surface area contributed by atoms with Crippen molar-refractivity contribution in [3.05, 3.63) is 0 Å². The SMILES string of the molecule is C[C@@H]1C[C@H]2[C@H](CC[C@@H]2C)[C@@H](CO[Si](C)(C)C(C)(C)C)CCC1=O. The van der Waals surface area contributed by atoms with E-state index in [1.54, 1.807) is 0 Å². The molecule has 2 rings (SSSR count). The van der Waals surface area contributed by atoms with Crippen LogP contribution >= 0.6 is 0 Å². The van der Waals surface area contributed by atoms with E-state index in [1.807, 2.05) is 0 Å². The highest BCUT2D eigenvalue weighted by atomic mass is 28.4. The molecule has 2 saturated carbocycles. The molecule has 2 nitrogen and oxygen atoms in total. The van der Waals surface area contributed by atoms with E-state index in [-0.39, 0.29) is 11.0 Å². The topological polar surface area (TPSA) is 26.3 Å². The van der Waals surface area contributed by atoms with Gasteiger partial charge in [0.25, 0.3) is 0 Å². The summed E-state index contributed by atoms with van der Waals surface area (Å²) >= 11 is 0. The number of carbonyl (C=O) groups excluding carboxylic acids is 1. The first-order chi connectivity index (χ1) is 10.5. The van der Waals surface area contributed by atoms with Crippen LogP contribution < -0.4 is 0 Å². The maximum atomic E-state index is 12.3. The van der Waals surface area contributed by atoms with Crippen LogP contribution in [0.4, 0.5) is 0 Å². The highest BCUT2D eigenvalue weighted by Crippen LogP contribution is 2.48. The van der Waals surface area contributed by atoms with Gasteiger partial charge in [-0.2, -0.15) is 0 Å². The second kappa shape index (κ2) is 6.99. The average Bonchev–Trinajstić information content (AvgIpc) is 2.77. The van der Waals surface area contributed by atoms with Gasteiger partial charge < -0.3 is 4.43 Å². The Morgan fingerprint density at radius 1 is 1.09 bits per heavy atom. The first-order valence-corrected chi connectivity index (χ1v) is 12.6. The summed E-state index contributed by atoms with van der Waals surface area (Å²) in [7, 11) is -1.69. The second-order valence-electron chi connectivity index (χ2n) is 9.86. The van der Waals surface area contributed by atoms with Crippen molar-refractivity contribution in [2.45, 2.75) is 84.9 Å². The molecule has 2 aliphatic carbocycles. The predicted molar refractivity (Wildman–Crippen MR) is 100 cm³/mol. The molecule has 0 aromatic rings. The third kappa shape index (κ3) is 4.28. The molecule has 0 amide bonds. The largest absolute Gasteiger partial charge is 0.417 e. The van der Waals surface area contributed by atoms with Gasteiger partial charge >= 0.3 is 0 Å². The predicted octanol–water partition coefficient (Wildman–Crippen LogP) is 5.68. The molecule has 0 saturated heterocycles. The van der Waals surface area contributed by atoms with Crippen molar-refractivity contribution in [1.82, 2.24) is 0 Å². The lowest BCUT2D eigenvalue weighted by atomic mass is 9.72. The average molecular weight is 339 g/mol. The molecule has 0 unspecified atom stereocenters. The van der Waals surface area contributed by atoms with E-state index >= 15 is 0 Å². The van der Waals surface area contributed by atoms with Crippen LogP contribution in [0, 0.1) is 29.6 Å². The molecule has 2 fully saturated rings. The first-order valence-electron chi connectivity index (χ1n) is 9.69. The van der Waals surface area contributed by atoms with Crippen LogP contribution in [0.25, 0.3) is 0 Å². The van der Waals surface area contributed by atoms with Crippen molar-refractivity contribution < 1.29 is 9.22 Å². The van der Waals surface area contributed by atoms with Crippen LogP contribution in [0.3, 0.4) is 0 Å². The lowest BCUT2D eigenvalue weighted by Crippen LogP contribution is -2.43. The summed E-state index contributed by atoms with van der Waals surface area (Å²) < 4.78 is 6.56. The number of ketones is 1. The molecule has 2 aliphatic rings. The molecule has 23 heavy (non-hydrogen) atoms. The van der Waals surface area contributed by atoms with Gasteiger partial charge in [0.05, 0.1) is 0 Å². The van der Waals surface area contributed by atoms with Crippen molar-refractivity contribution in [3.63, 3.8) is 0 Å². The van der Waals surface area contributed by atoms with E-state index in [9.17, 15) is 4.79 Å². The Morgan fingerprint density at radius 2 is 1.74 bits per heavy atom. The van der Waals surface area contributed by atoms with E-state index in [0.717, 1.165) is 43.6 Å². The summed E-state index contributed by atoms with van der Waals surface area (Å²) in [6.45, 7) is 17.0. The lowest BCUT2D eigenvalue weighted by Gasteiger charge is -2.40. The van der Waals surface area contributed by atoms with Crippen molar-refractivity contribution >= 4 is 14.1 Å². The minimum atomic E-state index is -1.69. The van der Waals surface area contributed by atoms with E-state index in [1.165, 1.54) is 12.8 Å². The first kappa shape index (κ1) is 19.2. The number of Topliss-reactive ketones (excluding diaryl/α,β-unsaturated/α-hetero) is 1. The standard InChI is InChI=1S/C20H38O2Si/c1-14-8-10-17-16(13-22-23(6,7)20(3,4)5)9-11-19(21)15(2)12-18(14)17/h14-18H,8-13H2,1-7H3/t14-,15+,16+,17+,18+/m0/s1. The van der Waals surface area contributed by atoms with Crippen molar-refractivity contribution in [2.75, 3.05) is 6.61 Å². The van der Waals surface area contributed by atoms with Crippen molar-refractivity contribution in [1.29, 1.82) is 0 Å². The van der Waals surface area contributed by atoms with Crippen molar-refractivity contribution in [3.8, 4) is 0 Å². The van der Waals surface area contributed by atoms with Crippen LogP contribution in [0.5, 0.6) is 0 Å². The molecule has 5 atom stereocenters. The summed E-state index contributed by atoms with van der Waals surface area (Å²) in [5.41, 5.74) is 0. The summed E-state index contributed by atoms with van der Waals surface area (Å²) in [6.07, 6.45) is 5.61. The van der Waals surface area contributed by atoms with Gasteiger partial charge in [0.1, 0.15) is 5.78 Å². The summed E-state index contributed by atoms with van der Waals surface area (Å²) in [5, 5.41) is 0.265. The Bertz CT molecular complexity index is 424. The summed E-state index contributed by atoms with van der Waals surface area (Å²) in [5.74, 6) is 3.65. The normalized spacial score (nSPS) is 36.5. The molecule has 0 aromatic carbocycles. The smallest absolute Gasteiger partial charge is 0.191 e. The van der Waals surface area contributed by atoms with E-state index in [0.29, 0.717) is 11.7 Å². The van der Waals surface area contributed by atoms with Crippen LogP contribution in [-0.4, -0.2) is 20.7 Å². The van der Waals surface area contributed by atoms with Crippen LogP contribution in [0.2, 0.25) is 18.1 Å². The second-order valence-corrected chi connectivity index (χ2v) is 14.7. The van der Waals surface area contributed by atoms with E-state index in [4.69, 9.17) is 4.43 Å². The van der Waals surface area contributed by atoms with Gasteiger partial charge in [0.2, 0.25) is 0 Å². The fourth-order valence-electron chi connectivity index (χ4n) is 4.36. The van der Waals surface area contributed by atoms with Gasteiger partial charge in [0.15, 0.2) is 8.32 Å². The van der Waals surface area contributed by atoms with Gasteiger partial charge in [-0.1, -0.05) is 41.0 Å². The van der Waals surface area contributed by atoms with Crippen LogP contribution in [0.1, 0.15) is 66.7 Å². The molecule has 0 N–H and O–H groups in total. The van der Waals surface area contributed by atoms with E-state index < -0.39 is 8.32 Å². The molecule has 134 valence electrons. The number of hydrogen-bond acceptors (Lipinski definition) is 2. The third-order valence-corrected chi connectivity index (χ3v) is 11.7. The van der Waals surface area contributed by atoms with Gasteiger partial charge in [-0.15, -0.1) is 0 Å². The Hall–Kier alpha value is -0.153. The Labute approximate surface area is 144 Å². The zero-order chi connectivity index (χ0) is 17.4. The number of carbonyl (C=O) groups is 1. The molecule has 0 bridgehead atoms. The molecular formula is C20H38O2Si. The van der Waals surface area contributed by atoms with Gasteiger partial charge in [-0.3, -0.25) is 4.79 Å². The number of fused-ring (bicyclic) bond motifs is 1. The van der Waals surface area contributed by atoms with Crippen molar-refractivity contribution in [2.24, 2.45) is 29.6 Å².